The molecule has 2 aromatic rings. The number of rotatable bonds is 6. The molecule has 0 aliphatic carbocycles. The fraction of sp³-hybridized carbons (Fsp3) is 0.529. The first-order chi connectivity index (χ1) is 11.2. The van der Waals surface area contributed by atoms with Gasteiger partial charge in [0.05, 0.1) is 6.54 Å². The normalized spacial score (nSPS) is 18.9. The number of amides is 1. The zero-order valence-corrected chi connectivity index (χ0v) is 13.5. The lowest BCUT2D eigenvalue weighted by atomic mass is 9.94. The van der Waals surface area contributed by atoms with E-state index in [1.54, 1.807) is 13.1 Å². The van der Waals surface area contributed by atoms with Crippen LogP contribution in [0.4, 0.5) is 0 Å². The van der Waals surface area contributed by atoms with Crippen molar-refractivity contribution in [1.82, 2.24) is 20.4 Å². The van der Waals surface area contributed by atoms with Crippen molar-refractivity contribution in [3.8, 4) is 11.5 Å². The molecule has 1 amide bonds. The van der Waals surface area contributed by atoms with Gasteiger partial charge in [0.25, 0.3) is 0 Å². The number of H-pyrrole nitrogens is 1. The van der Waals surface area contributed by atoms with Crippen molar-refractivity contribution in [2.24, 2.45) is 5.92 Å². The molecule has 3 heterocycles. The predicted molar refractivity (Wildman–Crippen MR) is 87.6 cm³/mol. The molecule has 1 aliphatic heterocycles. The first-order valence-electron chi connectivity index (χ1n) is 8.26. The summed E-state index contributed by atoms with van der Waals surface area (Å²) in [5.41, 5.74) is 0.906. The maximum absolute atomic E-state index is 10.9. The molecule has 0 spiro atoms. The van der Waals surface area contributed by atoms with E-state index in [1.165, 1.54) is 12.8 Å². The smallest absolute Gasteiger partial charge is 0.216 e. The zero-order chi connectivity index (χ0) is 16.1. The summed E-state index contributed by atoms with van der Waals surface area (Å²) >= 11 is 0. The Morgan fingerprint density at radius 3 is 3.17 bits per heavy atom. The summed E-state index contributed by atoms with van der Waals surface area (Å²) in [5, 5.41) is 9.76. The topological polar surface area (TPSA) is 74.2 Å². The molecule has 6 nitrogen and oxygen atoms in total. The van der Waals surface area contributed by atoms with Crippen LogP contribution in [0.5, 0.6) is 0 Å². The number of piperidine rings is 1. The van der Waals surface area contributed by atoms with Gasteiger partial charge in [-0.3, -0.25) is 14.8 Å². The standard InChI is InChI=1S/C17H24N4O2/c1-13(22)18-8-6-14-3-2-10-21(11-14)12-15-4-5-17(23-15)16-7-9-19-20-16/h4-5,7,9,14H,2-3,6,8,10-12H2,1H3,(H,18,22)(H,19,20)/t14-/m1/s1. The molecule has 2 aromatic heterocycles. The molecule has 1 aliphatic rings. The second kappa shape index (κ2) is 7.46. The van der Waals surface area contributed by atoms with Gasteiger partial charge >= 0.3 is 0 Å². The Balaban J connectivity index is 1.50. The van der Waals surface area contributed by atoms with Crippen molar-refractivity contribution in [2.75, 3.05) is 19.6 Å². The minimum Gasteiger partial charge on any atom is -0.458 e. The van der Waals surface area contributed by atoms with Crippen LogP contribution >= 0.6 is 0 Å². The number of nitrogens with zero attached hydrogens (tertiary/aromatic N) is 2. The Morgan fingerprint density at radius 1 is 1.48 bits per heavy atom. The molecule has 0 radical (unpaired) electrons. The van der Waals surface area contributed by atoms with Crippen LogP contribution in [-0.2, 0) is 11.3 Å². The van der Waals surface area contributed by atoms with Crippen molar-refractivity contribution in [3.63, 3.8) is 0 Å². The molecule has 0 bridgehead atoms. The number of carbonyl (C=O) groups excluding carboxylic acids is 1. The monoisotopic (exact) mass is 316 g/mol. The summed E-state index contributed by atoms with van der Waals surface area (Å²) in [4.78, 5) is 13.4. The minimum atomic E-state index is 0.0552. The summed E-state index contributed by atoms with van der Waals surface area (Å²) in [7, 11) is 0. The molecule has 6 heteroatoms. The second-order valence-electron chi connectivity index (χ2n) is 6.25. The van der Waals surface area contributed by atoms with E-state index >= 15 is 0 Å². The highest BCUT2D eigenvalue weighted by atomic mass is 16.3. The van der Waals surface area contributed by atoms with Crippen LogP contribution in [0.1, 0.15) is 31.9 Å². The molecular weight excluding hydrogens is 292 g/mol. The van der Waals surface area contributed by atoms with Gasteiger partial charge in [-0.25, -0.2) is 0 Å². The Hall–Kier alpha value is -2.08. The van der Waals surface area contributed by atoms with Gasteiger partial charge in [0.2, 0.25) is 5.91 Å². The molecule has 0 saturated carbocycles. The van der Waals surface area contributed by atoms with Gasteiger partial charge in [-0.15, -0.1) is 0 Å². The van der Waals surface area contributed by atoms with E-state index in [-0.39, 0.29) is 5.91 Å². The quantitative estimate of drug-likeness (QED) is 0.858. The number of hydrogen-bond acceptors (Lipinski definition) is 4. The average molecular weight is 316 g/mol. The maximum atomic E-state index is 10.9. The predicted octanol–water partition coefficient (Wildman–Crippen LogP) is 2.41. The van der Waals surface area contributed by atoms with Crippen LogP contribution in [0, 0.1) is 5.92 Å². The molecule has 23 heavy (non-hydrogen) atoms. The Kier molecular flexibility index (Phi) is 5.12. The van der Waals surface area contributed by atoms with Gasteiger partial charge in [0.1, 0.15) is 11.5 Å². The molecular formula is C17H24N4O2. The summed E-state index contributed by atoms with van der Waals surface area (Å²) < 4.78 is 5.91. The fourth-order valence-electron chi connectivity index (χ4n) is 3.20. The van der Waals surface area contributed by atoms with E-state index in [0.717, 1.165) is 49.8 Å². The largest absolute Gasteiger partial charge is 0.458 e. The number of likely N-dealkylation sites (tertiary alicyclic amines) is 1. The van der Waals surface area contributed by atoms with E-state index in [9.17, 15) is 4.79 Å². The van der Waals surface area contributed by atoms with Crippen LogP contribution in [-0.4, -0.2) is 40.6 Å². The number of nitrogens with one attached hydrogen (secondary N) is 2. The highest BCUT2D eigenvalue weighted by Crippen LogP contribution is 2.24. The third-order valence-electron chi connectivity index (χ3n) is 4.34. The van der Waals surface area contributed by atoms with Gasteiger partial charge in [0.15, 0.2) is 5.76 Å². The van der Waals surface area contributed by atoms with Crippen LogP contribution in [0.2, 0.25) is 0 Å². The van der Waals surface area contributed by atoms with Crippen molar-refractivity contribution >= 4 is 5.91 Å². The Morgan fingerprint density at radius 2 is 2.39 bits per heavy atom. The number of aromatic nitrogens is 2. The average Bonchev–Trinajstić information content (AvgIpc) is 3.18. The lowest BCUT2D eigenvalue weighted by molar-refractivity contribution is -0.119. The van der Waals surface area contributed by atoms with Gasteiger partial charge in [-0.05, 0) is 49.9 Å². The fourth-order valence-corrected chi connectivity index (χ4v) is 3.20. The lowest BCUT2D eigenvalue weighted by Crippen LogP contribution is -2.36. The number of aromatic amines is 1. The molecule has 124 valence electrons. The Bertz CT molecular complexity index is 620. The number of furan rings is 1. The van der Waals surface area contributed by atoms with E-state index < -0.39 is 0 Å². The first-order valence-corrected chi connectivity index (χ1v) is 8.26. The summed E-state index contributed by atoms with van der Waals surface area (Å²) in [5.74, 6) is 2.52. The van der Waals surface area contributed by atoms with Crippen LogP contribution < -0.4 is 5.32 Å². The molecule has 1 saturated heterocycles. The third kappa shape index (κ3) is 4.45. The van der Waals surface area contributed by atoms with E-state index in [4.69, 9.17) is 4.42 Å². The lowest BCUT2D eigenvalue weighted by Gasteiger charge is -2.32. The van der Waals surface area contributed by atoms with Gasteiger partial charge < -0.3 is 9.73 Å². The van der Waals surface area contributed by atoms with Crippen LogP contribution in [0.25, 0.3) is 11.5 Å². The van der Waals surface area contributed by atoms with Crippen molar-refractivity contribution in [1.29, 1.82) is 0 Å². The number of carbonyl (C=O) groups is 1. The van der Waals surface area contributed by atoms with Crippen molar-refractivity contribution < 1.29 is 9.21 Å². The molecule has 2 N–H and O–H groups in total. The molecule has 1 fully saturated rings. The SMILES string of the molecule is CC(=O)NCC[C@H]1CCCN(Cc2ccc(-c3ccn[nH]3)o2)C1. The van der Waals surface area contributed by atoms with E-state index in [0.29, 0.717) is 5.92 Å². The summed E-state index contributed by atoms with van der Waals surface area (Å²) in [6.45, 7) is 5.36. The molecule has 0 unspecified atom stereocenters. The van der Waals surface area contributed by atoms with E-state index in [2.05, 4.69) is 20.4 Å². The highest BCUT2D eigenvalue weighted by Gasteiger charge is 2.20. The third-order valence-corrected chi connectivity index (χ3v) is 4.34. The van der Waals surface area contributed by atoms with Crippen molar-refractivity contribution in [2.45, 2.75) is 32.7 Å². The summed E-state index contributed by atoms with van der Waals surface area (Å²) in [6.07, 6.45) is 5.22. The van der Waals surface area contributed by atoms with Gasteiger partial charge in [-0.1, -0.05) is 0 Å². The number of hydrogen-bond donors (Lipinski definition) is 2. The van der Waals surface area contributed by atoms with Crippen molar-refractivity contribution in [3.05, 3.63) is 30.2 Å². The zero-order valence-electron chi connectivity index (χ0n) is 13.5. The van der Waals surface area contributed by atoms with E-state index in [1.807, 2.05) is 18.2 Å². The molecule has 1 atom stereocenters. The Labute approximate surface area is 136 Å². The molecule has 0 aromatic carbocycles. The highest BCUT2D eigenvalue weighted by molar-refractivity contribution is 5.72. The first kappa shape index (κ1) is 15.8. The maximum Gasteiger partial charge on any atom is 0.216 e. The summed E-state index contributed by atoms with van der Waals surface area (Å²) in [6, 6.07) is 5.93. The van der Waals surface area contributed by atoms with Crippen LogP contribution in [0.3, 0.4) is 0 Å². The molecule has 3 rings (SSSR count). The minimum absolute atomic E-state index is 0.0552. The van der Waals surface area contributed by atoms with Gasteiger partial charge in [0, 0.05) is 26.2 Å². The van der Waals surface area contributed by atoms with Gasteiger partial charge in [-0.2, -0.15) is 5.10 Å². The second-order valence-corrected chi connectivity index (χ2v) is 6.25. The van der Waals surface area contributed by atoms with Crippen LogP contribution in [0.15, 0.2) is 28.8 Å².